The maximum Gasteiger partial charge on any atom is 0.255 e. The number of nitrogens with one attached hydrogen (secondary N) is 1. The molecule has 0 bridgehead atoms. The second-order valence-electron chi connectivity index (χ2n) is 6.96. The average molecular weight is 569 g/mol. The lowest BCUT2D eigenvalue weighted by Crippen LogP contribution is -2.40. The molecule has 33 heavy (non-hydrogen) atoms. The first-order valence-corrected chi connectivity index (χ1v) is 12.8. The summed E-state index contributed by atoms with van der Waals surface area (Å²) in [5.41, 5.74) is 3.75. The number of hydrogen-bond donors (Lipinski definition) is 1. The van der Waals surface area contributed by atoms with Crippen molar-refractivity contribution >= 4 is 61.3 Å². The zero-order chi connectivity index (χ0) is 23.8. The molecule has 3 aromatic rings. The molecular formula is C23H20BrCl2N3O3S. The summed E-state index contributed by atoms with van der Waals surface area (Å²) in [5, 5.41) is 4.64. The van der Waals surface area contributed by atoms with Crippen molar-refractivity contribution < 1.29 is 13.2 Å². The Hall–Kier alpha value is -2.23. The number of rotatable bonds is 9. The van der Waals surface area contributed by atoms with E-state index in [1.54, 1.807) is 30.3 Å². The number of carbonyl (C=O) groups is 1. The van der Waals surface area contributed by atoms with E-state index in [-0.39, 0.29) is 11.4 Å². The van der Waals surface area contributed by atoms with Gasteiger partial charge >= 0.3 is 0 Å². The van der Waals surface area contributed by atoms with Crippen LogP contribution in [0, 0.1) is 0 Å². The average Bonchev–Trinajstić information content (AvgIpc) is 2.79. The molecule has 0 aliphatic heterocycles. The van der Waals surface area contributed by atoms with Crippen LogP contribution in [-0.2, 0) is 21.2 Å². The summed E-state index contributed by atoms with van der Waals surface area (Å²) < 4.78 is 28.4. The fraction of sp³-hybridized carbons (Fsp3) is 0.130. The Balaban J connectivity index is 1.76. The lowest BCUT2D eigenvalue weighted by molar-refractivity contribution is -0.121. The zero-order valence-corrected chi connectivity index (χ0v) is 21.2. The van der Waals surface area contributed by atoms with Crippen LogP contribution in [0.3, 0.4) is 0 Å². The van der Waals surface area contributed by atoms with Gasteiger partial charge in [0.05, 0.1) is 27.7 Å². The van der Waals surface area contributed by atoms with Crippen molar-refractivity contribution in [2.75, 3.05) is 13.1 Å². The number of hydrogen-bond acceptors (Lipinski definition) is 4. The van der Waals surface area contributed by atoms with Crippen molar-refractivity contribution in [3.63, 3.8) is 0 Å². The van der Waals surface area contributed by atoms with Gasteiger partial charge in [-0.15, -0.1) is 0 Å². The number of amides is 1. The third-order valence-corrected chi connectivity index (χ3v) is 7.69. The fourth-order valence-corrected chi connectivity index (χ4v) is 5.09. The van der Waals surface area contributed by atoms with Crippen LogP contribution in [0.5, 0.6) is 0 Å². The largest absolute Gasteiger partial charge is 0.272 e. The lowest BCUT2D eigenvalue weighted by atomic mass is 10.1. The molecule has 172 valence electrons. The van der Waals surface area contributed by atoms with Crippen molar-refractivity contribution in [2.45, 2.75) is 11.3 Å². The van der Waals surface area contributed by atoms with E-state index >= 15 is 0 Å². The minimum absolute atomic E-state index is 0.0953. The molecule has 0 fully saturated rings. The molecule has 0 spiro atoms. The monoisotopic (exact) mass is 567 g/mol. The number of halogens is 3. The first-order chi connectivity index (χ1) is 15.8. The van der Waals surface area contributed by atoms with Crippen LogP contribution in [0.1, 0.15) is 11.1 Å². The van der Waals surface area contributed by atoms with Crippen LogP contribution in [0.15, 0.2) is 87.3 Å². The van der Waals surface area contributed by atoms with Crippen molar-refractivity contribution in [3.05, 3.63) is 98.4 Å². The molecule has 0 saturated carbocycles. The third-order valence-electron chi connectivity index (χ3n) is 4.65. The Morgan fingerprint density at radius 3 is 2.24 bits per heavy atom. The van der Waals surface area contributed by atoms with E-state index in [9.17, 15) is 13.2 Å². The van der Waals surface area contributed by atoms with Gasteiger partial charge in [0, 0.05) is 16.6 Å². The Morgan fingerprint density at radius 1 is 0.970 bits per heavy atom. The number of nitrogens with zero attached hydrogens (tertiary/aromatic N) is 2. The van der Waals surface area contributed by atoms with Gasteiger partial charge in [-0.1, -0.05) is 75.5 Å². The maximum absolute atomic E-state index is 13.2. The Kier molecular flexibility index (Phi) is 9.05. The summed E-state index contributed by atoms with van der Waals surface area (Å²) in [6.45, 7) is -0.283. The molecule has 3 rings (SSSR count). The molecule has 0 aromatic heterocycles. The molecule has 3 aromatic carbocycles. The van der Waals surface area contributed by atoms with Crippen molar-refractivity contribution in [3.8, 4) is 0 Å². The lowest BCUT2D eigenvalue weighted by Gasteiger charge is -2.21. The van der Waals surface area contributed by atoms with Crippen LogP contribution in [-0.4, -0.2) is 37.9 Å². The van der Waals surface area contributed by atoms with Gasteiger partial charge in [-0.25, -0.2) is 13.8 Å². The van der Waals surface area contributed by atoms with Crippen LogP contribution in [0.4, 0.5) is 0 Å². The molecule has 0 saturated heterocycles. The first-order valence-electron chi connectivity index (χ1n) is 9.83. The van der Waals surface area contributed by atoms with Gasteiger partial charge in [0.1, 0.15) is 0 Å². The van der Waals surface area contributed by atoms with Crippen LogP contribution in [0.25, 0.3) is 0 Å². The second-order valence-corrected chi connectivity index (χ2v) is 10.6. The first kappa shape index (κ1) is 25.4. The van der Waals surface area contributed by atoms with E-state index in [1.807, 2.05) is 30.3 Å². The highest BCUT2D eigenvalue weighted by atomic mass is 79.9. The van der Waals surface area contributed by atoms with Crippen LogP contribution < -0.4 is 5.43 Å². The molecule has 6 nitrogen and oxygen atoms in total. The van der Waals surface area contributed by atoms with Crippen molar-refractivity contribution in [1.82, 2.24) is 9.73 Å². The van der Waals surface area contributed by atoms with Crippen molar-refractivity contribution in [1.29, 1.82) is 0 Å². The minimum atomic E-state index is -3.92. The highest BCUT2D eigenvalue weighted by Crippen LogP contribution is 2.22. The normalized spacial score (nSPS) is 11.8. The molecule has 1 N–H and O–H groups in total. The van der Waals surface area contributed by atoms with Gasteiger partial charge in [0.25, 0.3) is 5.91 Å². The molecule has 0 atom stereocenters. The molecule has 10 heteroatoms. The van der Waals surface area contributed by atoms with Gasteiger partial charge in [0.15, 0.2) is 0 Å². The van der Waals surface area contributed by atoms with Gasteiger partial charge in [-0.2, -0.15) is 9.41 Å². The summed E-state index contributed by atoms with van der Waals surface area (Å²) >= 11 is 15.5. The molecule has 0 radical (unpaired) electrons. The van der Waals surface area contributed by atoms with E-state index in [0.717, 1.165) is 14.3 Å². The molecule has 0 aliphatic rings. The minimum Gasteiger partial charge on any atom is -0.272 e. The van der Waals surface area contributed by atoms with Gasteiger partial charge in [-0.05, 0) is 48.4 Å². The highest BCUT2D eigenvalue weighted by Gasteiger charge is 2.26. The Labute approximate surface area is 211 Å². The summed E-state index contributed by atoms with van der Waals surface area (Å²) in [5.74, 6) is -0.594. The molecule has 0 heterocycles. The third kappa shape index (κ3) is 7.12. The topological polar surface area (TPSA) is 78.8 Å². The van der Waals surface area contributed by atoms with Crippen LogP contribution >= 0.6 is 39.1 Å². The predicted molar refractivity (Wildman–Crippen MR) is 135 cm³/mol. The van der Waals surface area contributed by atoms with Crippen LogP contribution in [0.2, 0.25) is 10.0 Å². The number of carbonyl (C=O) groups excluding carboxylic acids is 1. The van der Waals surface area contributed by atoms with E-state index in [2.05, 4.69) is 26.5 Å². The maximum atomic E-state index is 13.2. The van der Waals surface area contributed by atoms with E-state index < -0.39 is 22.5 Å². The standard InChI is InChI=1S/C23H20BrCl2N3O3S/c24-18-9-11-19(12-10-18)33(31,32)29(14-13-17-5-2-1-3-6-17)16-23(30)28-27-15-20-21(25)7-4-8-22(20)26/h1-12,15H,13-14,16H2,(H,28,30)/b27-15-. The molecule has 1 amide bonds. The van der Waals surface area contributed by atoms with E-state index in [4.69, 9.17) is 23.2 Å². The number of sulfonamides is 1. The fourth-order valence-electron chi connectivity index (χ4n) is 2.94. The van der Waals surface area contributed by atoms with Gasteiger partial charge in [-0.3, -0.25) is 4.79 Å². The highest BCUT2D eigenvalue weighted by molar-refractivity contribution is 9.10. The molecule has 0 unspecified atom stereocenters. The van der Waals surface area contributed by atoms with E-state index in [0.29, 0.717) is 22.0 Å². The van der Waals surface area contributed by atoms with Crippen molar-refractivity contribution in [2.24, 2.45) is 5.10 Å². The zero-order valence-electron chi connectivity index (χ0n) is 17.3. The molecular weight excluding hydrogens is 549 g/mol. The van der Waals surface area contributed by atoms with Gasteiger partial charge < -0.3 is 0 Å². The summed E-state index contributed by atoms with van der Waals surface area (Å²) in [7, 11) is -3.92. The Morgan fingerprint density at radius 2 is 1.61 bits per heavy atom. The van der Waals surface area contributed by atoms with E-state index in [1.165, 1.54) is 18.3 Å². The SMILES string of the molecule is O=C(CN(CCc1ccccc1)S(=O)(=O)c1ccc(Br)cc1)N/N=C\c1c(Cl)cccc1Cl. The number of hydrazone groups is 1. The summed E-state index contributed by atoms with van der Waals surface area (Å²) in [6, 6.07) is 20.7. The quantitative estimate of drug-likeness (QED) is 0.287. The predicted octanol–water partition coefficient (Wildman–Crippen LogP) is 5.14. The Bertz CT molecular complexity index is 1220. The van der Waals surface area contributed by atoms with Gasteiger partial charge in [0.2, 0.25) is 10.0 Å². The summed E-state index contributed by atoms with van der Waals surface area (Å²) in [4.78, 5) is 12.6. The smallest absolute Gasteiger partial charge is 0.255 e. The number of benzene rings is 3. The second kappa shape index (κ2) is 11.8. The molecule has 0 aliphatic carbocycles. The summed E-state index contributed by atoms with van der Waals surface area (Å²) in [6.07, 6.45) is 1.77.